The van der Waals surface area contributed by atoms with E-state index in [-0.39, 0.29) is 5.91 Å². The summed E-state index contributed by atoms with van der Waals surface area (Å²) in [4.78, 5) is 23.6. The van der Waals surface area contributed by atoms with Crippen LogP contribution in [-0.4, -0.2) is 34.1 Å². The molecule has 6 nitrogen and oxygen atoms in total. The number of carbonyl (C=O) groups is 1. The van der Waals surface area contributed by atoms with Gasteiger partial charge in [0, 0.05) is 36.6 Å². The quantitative estimate of drug-likeness (QED) is 0.341. The molecule has 8 heteroatoms. The molecule has 1 amide bonds. The summed E-state index contributed by atoms with van der Waals surface area (Å²) in [6.45, 7) is 1.29. The number of anilines is 1. The first-order valence-electron chi connectivity index (χ1n) is 9.78. The number of hydrogen-bond acceptors (Lipinski definition) is 5. The number of aryl methyl sites for hydroxylation is 1. The summed E-state index contributed by atoms with van der Waals surface area (Å²) in [5.74, 6) is 0.621. The minimum absolute atomic E-state index is 0.142. The highest BCUT2D eigenvalue weighted by Crippen LogP contribution is 2.32. The van der Waals surface area contributed by atoms with Gasteiger partial charge in [-0.05, 0) is 42.3 Å². The van der Waals surface area contributed by atoms with Crippen LogP contribution in [0.25, 0.3) is 16.3 Å². The Hall–Kier alpha value is -3.16. The average molecular weight is 453 g/mol. The number of aromatic nitrogens is 3. The minimum Gasteiger partial charge on any atom is -0.497 e. The third-order valence-electron chi connectivity index (χ3n) is 4.75. The number of nitrogens with zero attached hydrogens (tertiary/aromatic N) is 4. The lowest BCUT2D eigenvalue weighted by Crippen LogP contribution is -2.30. The fourth-order valence-corrected chi connectivity index (χ4v) is 4.35. The van der Waals surface area contributed by atoms with Crippen LogP contribution in [-0.2, 0) is 11.3 Å². The van der Waals surface area contributed by atoms with Crippen LogP contribution in [0.5, 0.6) is 5.75 Å². The van der Waals surface area contributed by atoms with Gasteiger partial charge in [-0.15, -0.1) is 0 Å². The molecular weight excluding hydrogens is 432 g/mol. The molecule has 0 bridgehead atoms. The zero-order chi connectivity index (χ0) is 21.6. The van der Waals surface area contributed by atoms with Crippen molar-refractivity contribution in [2.45, 2.75) is 13.0 Å². The summed E-state index contributed by atoms with van der Waals surface area (Å²) in [5, 5.41) is 1.26. The van der Waals surface area contributed by atoms with Crippen LogP contribution in [0.3, 0.4) is 0 Å². The molecule has 2 aromatic carbocycles. The van der Waals surface area contributed by atoms with Crippen molar-refractivity contribution in [1.29, 1.82) is 0 Å². The van der Waals surface area contributed by atoms with Gasteiger partial charge in [-0.3, -0.25) is 9.69 Å². The van der Waals surface area contributed by atoms with Crippen molar-refractivity contribution in [2.24, 2.45) is 0 Å². The highest BCUT2D eigenvalue weighted by Gasteiger charge is 2.18. The molecular formula is C23H21ClN4O2S. The zero-order valence-electron chi connectivity index (χ0n) is 16.9. The summed E-state index contributed by atoms with van der Waals surface area (Å²) in [6, 6.07) is 13.1. The van der Waals surface area contributed by atoms with Crippen molar-refractivity contribution in [1.82, 2.24) is 14.5 Å². The number of imidazole rings is 1. The monoisotopic (exact) mass is 452 g/mol. The first-order valence-corrected chi connectivity index (χ1v) is 11.0. The second-order valence-electron chi connectivity index (χ2n) is 6.83. The smallest absolute Gasteiger partial charge is 0.252 e. The number of methoxy groups -OCH3 is 1. The number of fused-ring (bicyclic) bond motifs is 1. The third kappa shape index (κ3) is 5.13. The van der Waals surface area contributed by atoms with E-state index in [4.69, 9.17) is 16.3 Å². The van der Waals surface area contributed by atoms with Crippen LogP contribution in [0.15, 0.2) is 67.3 Å². The Bertz CT molecular complexity index is 1200. The van der Waals surface area contributed by atoms with E-state index >= 15 is 0 Å². The maximum atomic E-state index is 13.1. The molecule has 2 aromatic heterocycles. The van der Waals surface area contributed by atoms with E-state index in [1.165, 1.54) is 11.3 Å². The molecule has 0 unspecified atom stereocenters. The molecule has 4 rings (SSSR count). The van der Waals surface area contributed by atoms with Crippen LogP contribution in [0.4, 0.5) is 5.13 Å². The van der Waals surface area contributed by atoms with Crippen molar-refractivity contribution in [3.63, 3.8) is 0 Å². The maximum absolute atomic E-state index is 13.1. The van der Waals surface area contributed by atoms with Gasteiger partial charge in [-0.1, -0.05) is 41.1 Å². The normalized spacial score (nSPS) is 11.3. The molecule has 31 heavy (non-hydrogen) atoms. The van der Waals surface area contributed by atoms with E-state index in [1.807, 2.05) is 47.2 Å². The Kier molecular flexibility index (Phi) is 6.64. The number of thiazole rings is 1. The van der Waals surface area contributed by atoms with Gasteiger partial charge in [-0.2, -0.15) is 0 Å². The number of ether oxygens (including phenoxy) is 1. The second kappa shape index (κ2) is 9.76. The van der Waals surface area contributed by atoms with Crippen LogP contribution in [0.1, 0.15) is 12.0 Å². The van der Waals surface area contributed by atoms with E-state index in [0.29, 0.717) is 16.7 Å². The Morgan fingerprint density at radius 1 is 1.29 bits per heavy atom. The van der Waals surface area contributed by atoms with Crippen LogP contribution in [0.2, 0.25) is 5.02 Å². The molecule has 2 heterocycles. The SMILES string of the molecule is COc1ccc2nc(N(CCCn3ccnc3)C(=O)/C=C/c3ccccc3Cl)sc2c1. The molecule has 0 spiro atoms. The molecule has 0 saturated heterocycles. The van der Waals surface area contributed by atoms with Gasteiger partial charge in [0.2, 0.25) is 0 Å². The standard InChI is InChI=1S/C23H21ClN4O2S/c1-30-18-8-9-20-21(15-18)31-23(26-20)28(13-4-12-27-14-11-25-16-27)22(29)10-7-17-5-2-3-6-19(17)24/h2-3,5-11,14-16H,4,12-13H2,1H3/b10-7+. The molecule has 0 aliphatic heterocycles. The van der Waals surface area contributed by atoms with Crippen molar-refractivity contribution in [2.75, 3.05) is 18.6 Å². The van der Waals surface area contributed by atoms with E-state index in [9.17, 15) is 4.79 Å². The molecule has 0 N–H and O–H groups in total. The van der Waals surface area contributed by atoms with Crippen molar-refractivity contribution in [3.8, 4) is 5.75 Å². The first-order chi connectivity index (χ1) is 15.1. The Labute approximate surface area is 189 Å². The first kappa shape index (κ1) is 21.1. The number of benzene rings is 2. The topological polar surface area (TPSA) is 60.2 Å². The highest BCUT2D eigenvalue weighted by atomic mass is 35.5. The Balaban J connectivity index is 1.58. The van der Waals surface area contributed by atoms with Crippen LogP contribution >= 0.6 is 22.9 Å². The fraction of sp³-hybridized carbons (Fsp3) is 0.174. The largest absolute Gasteiger partial charge is 0.497 e. The summed E-state index contributed by atoms with van der Waals surface area (Å²) < 4.78 is 8.27. The third-order valence-corrected chi connectivity index (χ3v) is 6.13. The number of amides is 1. The van der Waals surface area contributed by atoms with Gasteiger partial charge in [0.1, 0.15) is 5.75 Å². The van der Waals surface area contributed by atoms with E-state index in [0.717, 1.165) is 34.5 Å². The van der Waals surface area contributed by atoms with Gasteiger partial charge in [0.25, 0.3) is 5.91 Å². The van der Waals surface area contributed by atoms with Crippen molar-refractivity contribution < 1.29 is 9.53 Å². The lowest BCUT2D eigenvalue weighted by atomic mass is 10.2. The van der Waals surface area contributed by atoms with Crippen LogP contribution < -0.4 is 9.64 Å². The maximum Gasteiger partial charge on any atom is 0.252 e. The zero-order valence-corrected chi connectivity index (χ0v) is 18.5. The van der Waals surface area contributed by atoms with Crippen LogP contribution in [0, 0.1) is 0 Å². The Morgan fingerprint density at radius 2 is 2.16 bits per heavy atom. The molecule has 0 radical (unpaired) electrons. The van der Waals surface area contributed by atoms with Crippen molar-refractivity contribution >= 4 is 50.3 Å². The molecule has 0 atom stereocenters. The van der Waals surface area contributed by atoms with E-state index in [2.05, 4.69) is 9.97 Å². The molecule has 0 saturated carbocycles. The number of carbonyl (C=O) groups excluding carboxylic acids is 1. The average Bonchev–Trinajstić information content (AvgIpc) is 3.45. The molecule has 4 aromatic rings. The second-order valence-corrected chi connectivity index (χ2v) is 8.25. The lowest BCUT2D eigenvalue weighted by Gasteiger charge is -2.18. The predicted octanol–water partition coefficient (Wildman–Crippen LogP) is 5.29. The summed E-state index contributed by atoms with van der Waals surface area (Å²) in [5.41, 5.74) is 1.63. The van der Waals surface area contributed by atoms with Crippen molar-refractivity contribution in [3.05, 3.63) is 77.8 Å². The Morgan fingerprint density at radius 3 is 2.94 bits per heavy atom. The molecule has 0 fully saturated rings. The highest BCUT2D eigenvalue weighted by molar-refractivity contribution is 7.22. The minimum atomic E-state index is -0.142. The predicted molar refractivity (Wildman–Crippen MR) is 126 cm³/mol. The fourth-order valence-electron chi connectivity index (χ4n) is 3.13. The summed E-state index contributed by atoms with van der Waals surface area (Å²) in [7, 11) is 1.63. The summed E-state index contributed by atoms with van der Waals surface area (Å²) >= 11 is 7.69. The van der Waals surface area contributed by atoms with Gasteiger partial charge >= 0.3 is 0 Å². The lowest BCUT2D eigenvalue weighted by molar-refractivity contribution is -0.114. The van der Waals surface area contributed by atoms with Gasteiger partial charge in [-0.25, -0.2) is 9.97 Å². The van der Waals surface area contributed by atoms with E-state index < -0.39 is 0 Å². The van der Waals surface area contributed by atoms with Gasteiger partial charge in [0.15, 0.2) is 5.13 Å². The number of rotatable bonds is 8. The van der Waals surface area contributed by atoms with Gasteiger partial charge in [0.05, 0.1) is 23.7 Å². The molecule has 158 valence electrons. The number of hydrogen-bond donors (Lipinski definition) is 0. The molecule has 0 aliphatic rings. The summed E-state index contributed by atoms with van der Waals surface area (Å²) in [6.07, 6.45) is 9.48. The van der Waals surface area contributed by atoms with E-state index in [1.54, 1.807) is 42.8 Å². The molecule has 0 aliphatic carbocycles. The van der Waals surface area contributed by atoms with Gasteiger partial charge < -0.3 is 9.30 Å². The number of halogens is 1.